The molecule has 4 N–H and O–H groups in total. The minimum absolute atomic E-state index is 0.348. The van der Waals surface area contributed by atoms with E-state index in [-0.39, 0.29) is 0 Å². The summed E-state index contributed by atoms with van der Waals surface area (Å²) in [6, 6.07) is 4.19. The highest BCUT2D eigenvalue weighted by Gasteiger charge is 2.11. The average molecular weight is 259 g/mol. The monoisotopic (exact) mass is 259 g/mol. The van der Waals surface area contributed by atoms with E-state index in [2.05, 4.69) is 35.3 Å². The van der Waals surface area contributed by atoms with Gasteiger partial charge in [0.05, 0.1) is 17.4 Å². The van der Waals surface area contributed by atoms with Crippen molar-refractivity contribution in [1.82, 2.24) is 9.55 Å². The lowest BCUT2D eigenvalue weighted by Crippen LogP contribution is -2.16. The SMILES string of the molecule is CCC/N=C(/N)c1cc2ncn(C(C)C)c2cc1N. The highest BCUT2D eigenvalue weighted by atomic mass is 15.1. The number of aromatic nitrogens is 2. The molecule has 1 heterocycles. The van der Waals surface area contributed by atoms with E-state index in [1.54, 1.807) is 0 Å². The molecule has 5 nitrogen and oxygen atoms in total. The van der Waals surface area contributed by atoms with Crippen LogP contribution in [0.25, 0.3) is 11.0 Å². The molecule has 2 aromatic rings. The third-order valence-corrected chi connectivity index (χ3v) is 3.08. The van der Waals surface area contributed by atoms with Gasteiger partial charge in [0.1, 0.15) is 5.84 Å². The number of benzene rings is 1. The summed E-state index contributed by atoms with van der Waals surface area (Å²) in [5, 5.41) is 0. The highest BCUT2D eigenvalue weighted by molar-refractivity contribution is 6.05. The molecule has 1 aromatic carbocycles. The largest absolute Gasteiger partial charge is 0.398 e. The first kappa shape index (κ1) is 13.4. The molecule has 0 fully saturated rings. The summed E-state index contributed by atoms with van der Waals surface area (Å²) in [6.45, 7) is 7.00. The number of hydrogen-bond acceptors (Lipinski definition) is 3. The first-order chi connectivity index (χ1) is 9.04. The average Bonchev–Trinajstić information content (AvgIpc) is 2.77. The summed E-state index contributed by atoms with van der Waals surface area (Å²) >= 11 is 0. The Morgan fingerprint density at radius 2 is 2.16 bits per heavy atom. The number of aliphatic imine (C=N–C) groups is 1. The zero-order valence-electron chi connectivity index (χ0n) is 11.7. The van der Waals surface area contributed by atoms with Gasteiger partial charge in [0, 0.05) is 23.8 Å². The number of nitrogens with two attached hydrogens (primary N) is 2. The number of anilines is 1. The van der Waals surface area contributed by atoms with E-state index < -0.39 is 0 Å². The highest BCUT2D eigenvalue weighted by Crippen LogP contribution is 2.23. The fourth-order valence-corrected chi connectivity index (χ4v) is 2.04. The van der Waals surface area contributed by atoms with Crippen molar-refractivity contribution in [2.75, 3.05) is 12.3 Å². The molecule has 0 aliphatic rings. The van der Waals surface area contributed by atoms with Crippen molar-refractivity contribution in [3.8, 4) is 0 Å². The lowest BCUT2D eigenvalue weighted by molar-refractivity contribution is 0.617. The smallest absolute Gasteiger partial charge is 0.127 e. The Bertz CT molecular complexity index is 610. The lowest BCUT2D eigenvalue weighted by Gasteiger charge is -2.10. The zero-order valence-corrected chi connectivity index (χ0v) is 11.7. The van der Waals surface area contributed by atoms with Gasteiger partial charge in [-0.15, -0.1) is 0 Å². The summed E-state index contributed by atoms with van der Waals surface area (Å²) in [5.41, 5.74) is 15.4. The second-order valence-corrected chi connectivity index (χ2v) is 4.94. The predicted octanol–water partition coefficient (Wildman–Crippen LogP) is 2.31. The van der Waals surface area contributed by atoms with E-state index in [1.807, 2.05) is 18.5 Å². The van der Waals surface area contributed by atoms with Crippen molar-refractivity contribution >= 4 is 22.6 Å². The van der Waals surface area contributed by atoms with E-state index in [1.165, 1.54) is 0 Å². The minimum atomic E-state index is 0.348. The van der Waals surface area contributed by atoms with Gasteiger partial charge >= 0.3 is 0 Å². The summed E-state index contributed by atoms with van der Waals surface area (Å²) in [6.07, 6.45) is 2.79. The van der Waals surface area contributed by atoms with E-state index in [9.17, 15) is 0 Å². The second-order valence-electron chi connectivity index (χ2n) is 4.94. The molecule has 0 aliphatic carbocycles. The summed E-state index contributed by atoms with van der Waals surface area (Å²) in [5.74, 6) is 0.486. The van der Waals surface area contributed by atoms with Crippen molar-refractivity contribution in [3.05, 3.63) is 24.0 Å². The second kappa shape index (κ2) is 5.30. The number of imidazole rings is 1. The molecule has 2 rings (SSSR count). The van der Waals surface area contributed by atoms with Crippen LogP contribution in [-0.4, -0.2) is 21.9 Å². The Kier molecular flexibility index (Phi) is 3.74. The molecule has 0 amide bonds. The third kappa shape index (κ3) is 2.54. The van der Waals surface area contributed by atoms with Crippen LogP contribution in [0.4, 0.5) is 5.69 Å². The number of hydrogen-bond donors (Lipinski definition) is 2. The van der Waals surface area contributed by atoms with Gasteiger partial charge < -0.3 is 16.0 Å². The van der Waals surface area contributed by atoms with Crippen LogP contribution in [-0.2, 0) is 0 Å². The molecule has 0 bridgehead atoms. The van der Waals surface area contributed by atoms with Crippen LogP contribution in [0.3, 0.4) is 0 Å². The van der Waals surface area contributed by atoms with Crippen LogP contribution < -0.4 is 11.5 Å². The molecule has 0 aliphatic heterocycles. The maximum Gasteiger partial charge on any atom is 0.127 e. The summed E-state index contributed by atoms with van der Waals surface area (Å²) in [4.78, 5) is 8.70. The van der Waals surface area contributed by atoms with Crippen LogP contribution in [0.15, 0.2) is 23.5 Å². The number of nitrogen functional groups attached to an aromatic ring is 1. The molecular formula is C14H21N5. The molecule has 19 heavy (non-hydrogen) atoms. The normalized spacial score (nSPS) is 12.5. The topological polar surface area (TPSA) is 82.2 Å². The Morgan fingerprint density at radius 1 is 1.42 bits per heavy atom. The van der Waals surface area contributed by atoms with E-state index in [0.717, 1.165) is 23.0 Å². The molecule has 5 heteroatoms. The zero-order chi connectivity index (χ0) is 14.0. The lowest BCUT2D eigenvalue weighted by atomic mass is 10.1. The maximum atomic E-state index is 6.09. The molecule has 0 radical (unpaired) electrons. The van der Waals surface area contributed by atoms with Gasteiger partial charge in [-0.05, 0) is 32.4 Å². The third-order valence-electron chi connectivity index (χ3n) is 3.08. The fourth-order valence-electron chi connectivity index (χ4n) is 2.04. The molecule has 102 valence electrons. The molecule has 0 spiro atoms. The number of nitrogens with zero attached hydrogens (tertiary/aromatic N) is 3. The van der Waals surface area contributed by atoms with Crippen LogP contribution >= 0.6 is 0 Å². The first-order valence-electron chi connectivity index (χ1n) is 6.61. The van der Waals surface area contributed by atoms with Crippen molar-refractivity contribution in [3.63, 3.8) is 0 Å². The quantitative estimate of drug-likeness (QED) is 0.502. The Hall–Kier alpha value is -2.04. The Balaban J connectivity index is 2.52. The van der Waals surface area contributed by atoms with E-state index in [0.29, 0.717) is 24.1 Å². The molecular weight excluding hydrogens is 238 g/mol. The molecule has 1 aromatic heterocycles. The van der Waals surface area contributed by atoms with Crippen LogP contribution in [0.5, 0.6) is 0 Å². The summed E-state index contributed by atoms with van der Waals surface area (Å²) < 4.78 is 2.09. The van der Waals surface area contributed by atoms with Crippen molar-refractivity contribution < 1.29 is 0 Å². The van der Waals surface area contributed by atoms with Gasteiger partial charge in [-0.2, -0.15) is 0 Å². The van der Waals surface area contributed by atoms with Gasteiger partial charge in [-0.25, -0.2) is 4.98 Å². The van der Waals surface area contributed by atoms with Crippen LogP contribution in [0.1, 0.15) is 38.8 Å². The predicted molar refractivity (Wildman–Crippen MR) is 80.4 cm³/mol. The molecule has 0 saturated carbocycles. The standard InChI is InChI=1S/C14H21N5/c1-4-5-17-14(16)10-6-12-13(7-11(10)15)19(8-18-12)9(2)3/h6-9H,4-5,15H2,1-3H3,(H2,16,17). The number of fused-ring (bicyclic) bond motifs is 1. The van der Waals surface area contributed by atoms with Gasteiger partial charge in [-0.1, -0.05) is 6.92 Å². The molecule has 0 atom stereocenters. The molecule has 0 unspecified atom stereocenters. The van der Waals surface area contributed by atoms with Gasteiger partial charge in [0.15, 0.2) is 0 Å². The van der Waals surface area contributed by atoms with Gasteiger partial charge in [0.25, 0.3) is 0 Å². The van der Waals surface area contributed by atoms with Crippen LogP contribution in [0, 0.1) is 0 Å². The van der Waals surface area contributed by atoms with Crippen molar-refractivity contribution in [1.29, 1.82) is 0 Å². The van der Waals surface area contributed by atoms with Gasteiger partial charge in [0.2, 0.25) is 0 Å². The fraction of sp³-hybridized carbons (Fsp3) is 0.429. The molecule has 0 saturated heterocycles. The first-order valence-corrected chi connectivity index (χ1v) is 6.61. The van der Waals surface area contributed by atoms with Gasteiger partial charge in [-0.3, -0.25) is 4.99 Å². The Labute approximate surface area is 113 Å². The Morgan fingerprint density at radius 3 is 2.79 bits per heavy atom. The van der Waals surface area contributed by atoms with Crippen molar-refractivity contribution in [2.45, 2.75) is 33.2 Å². The number of amidine groups is 1. The van der Waals surface area contributed by atoms with E-state index >= 15 is 0 Å². The van der Waals surface area contributed by atoms with Crippen molar-refractivity contribution in [2.24, 2.45) is 10.7 Å². The minimum Gasteiger partial charge on any atom is -0.398 e. The van der Waals surface area contributed by atoms with E-state index in [4.69, 9.17) is 11.5 Å². The maximum absolute atomic E-state index is 6.09. The summed E-state index contributed by atoms with van der Waals surface area (Å²) in [7, 11) is 0. The number of rotatable bonds is 4. The van der Waals surface area contributed by atoms with Crippen LogP contribution in [0.2, 0.25) is 0 Å².